The molecular formula is C13H16ClNO. The molecule has 2 nitrogen and oxygen atoms in total. The van der Waals surface area contributed by atoms with Gasteiger partial charge in [-0.05, 0) is 38.0 Å². The third kappa shape index (κ3) is 3.52. The summed E-state index contributed by atoms with van der Waals surface area (Å²) in [6, 6.07) is 7.31. The molecule has 0 N–H and O–H groups in total. The lowest BCUT2D eigenvalue weighted by Crippen LogP contribution is -2.22. The first-order chi connectivity index (χ1) is 7.48. The van der Waals surface area contributed by atoms with Crippen LogP contribution in [0.4, 0.5) is 0 Å². The highest BCUT2D eigenvalue weighted by Gasteiger charge is 2.15. The van der Waals surface area contributed by atoms with Gasteiger partial charge in [0.25, 0.3) is 0 Å². The lowest BCUT2D eigenvalue weighted by molar-refractivity contribution is -0.0315. The molecule has 0 bridgehead atoms. The van der Waals surface area contributed by atoms with Crippen LogP contribution in [0, 0.1) is 11.3 Å². The number of benzene rings is 1. The van der Waals surface area contributed by atoms with E-state index in [0.717, 1.165) is 12.0 Å². The summed E-state index contributed by atoms with van der Waals surface area (Å²) in [5.74, 6) is 0. The number of hydrogen-bond donors (Lipinski definition) is 0. The van der Waals surface area contributed by atoms with Gasteiger partial charge in [0.1, 0.15) is 0 Å². The molecule has 86 valence electrons. The summed E-state index contributed by atoms with van der Waals surface area (Å²) in [5, 5.41) is 9.30. The summed E-state index contributed by atoms with van der Waals surface area (Å²) in [5.41, 5.74) is 1.35. The van der Waals surface area contributed by atoms with Gasteiger partial charge in [0, 0.05) is 5.02 Å². The highest BCUT2D eigenvalue weighted by Crippen LogP contribution is 2.22. The Labute approximate surface area is 102 Å². The number of halogens is 1. The number of rotatable bonds is 4. The van der Waals surface area contributed by atoms with Crippen molar-refractivity contribution in [2.45, 2.75) is 39.4 Å². The highest BCUT2D eigenvalue weighted by atomic mass is 35.5. The third-order valence-electron chi connectivity index (χ3n) is 2.65. The van der Waals surface area contributed by atoms with Gasteiger partial charge in [-0.1, -0.05) is 24.6 Å². The summed E-state index contributed by atoms with van der Waals surface area (Å²) in [4.78, 5) is 0. The van der Waals surface area contributed by atoms with E-state index in [2.05, 4.69) is 13.0 Å². The zero-order valence-corrected chi connectivity index (χ0v) is 10.6. The van der Waals surface area contributed by atoms with Gasteiger partial charge in [0.05, 0.1) is 23.8 Å². The fraction of sp³-hybridized carbons (Fsp3) is 0.462. The molecule has 0 aliphatic rings. The molecule has 0 amide bonds. The van der Waals surface area contributed by atoms with Gasteiger partial charge in [0.2, 0.25) is 0 Å². The molecule has 0 saturated heterocycles. The molecule has 1 aromatic rings. The van der Waals surface area contributed by atoms with E-state index in [9.17, 15) is 0 Å². The Morgan fingerprint density at radius 3 is 2.62 bits per heavy atom. The van der Waals surface area contributed by atoms with E-state index in [-0.39, 0.29) is 5.60 Å². The minimum Gasteiger partial charge on any atom is -0.371 e. The SMILES string of the molecule is CCC(C)(C)OCc1ccc(C#N)cc1Cl. The summed E-state index contributed by atoms with van der Waals surface area (Å²) < 4.78 is 5.75. The van der Waals surface area contributed by atoms with Gasteiger partial charge < -0.3 is 4.74 Å². The Hall–Kier alpha value is -1.04. The lowest BCUT2D eigenvalue weighted by Gasteiger charge is -2.23. The number of nitrogens with zero attached hydrogens (tertiary/aromatic N) is 1. The van der Waals surface area contributed by atoms with E-state index < -0.39 is 0 Å². The van der Waals surface area contributed by atoms with Crippen molar-refractivity contribution < 1.29 is 4.74 Å². The predicted octanol–water partition coefficient (Wildman–Crippen LogP) is 3.92. The molecule has 0 saturated carbocycles. The molecule has 0 spiro atoms. The Balaban J connectivity index is 2.73. The minimum atomic E-state index is -0.142. The van der Waals surface area contributed by atoms with Gasteiger partial charge in [-0.25, -0.2) is 0 Å². The van der Waals surface area contributed by atoms with E-state index in [1.54, 1.807) is 12.1 Å². The van der Waals surface area contributed by atoms with E-state index in [1.165, 1.54) is 0 Å². The van der Waals surface area contributed by atoms with Crippen molar-refractivity contribution >= 4 is 11.6 Å². The second-order valence-corrected chi connectivity index (χ2v) is 4.73. The van der Waals surface area contributed by atoms with Crippen LogP contribution in [-0.4, -0.2) is 5.60 Å². The summed E-state index contributed by atoms with van der Waals surface area (Å²) in [7, 11) is 0. The second-order valence-electron chi connectivity index (χ2n) is 4.32. The molecule has 0 radical (unpaired) electrons. The Morgan fingerprint density at radius 2 is 2.12 bits per heavy atom. The van der Waals surface area contributed by atoms with Crippen molar-refractivity contribution in [3.8, 4) is 6.07 Å². The van der Waals surface area contributed by atoms with Crippen LogP contribution >= 0.6 is 11.6 Å². The van der Waals surface area contributed by atoms with Gasteiger partial charge >= 0.3 is 0 Å². The van der Waals surface area contributed by atoms with Gasteiger partial charge in [-0.15, -0.1) is 0 Å². The molecule has 0 heterocycles. The highest BCUT2D eigenvalue weighted by molar-refractivity contribution is 6.31. The molecule has 0 aromatic heterocycles. The molecule has 3 heteroatoms. The molecule has 0 aliphatic heterocycles. The molecule has 0 unspecified atom stereocenters. The van der Waals surface area contributed by atoms with Crippen LogP contribution in [-0.2, 0) is 11.3 Å². The normalized spacial score (nSPS) is 11.2. The van der Waals surface area contributed by atoms with Crippen LogP contribution in [0.15, 0.2) is 18.2 Å². The first-order valence-electron chi connectivity index (χ1n) is 5.31. The second kappa shape index (κ2) is 5.34. The minimum absolute atomic E-state index is 0.142. The standard InChI is InChI=1S/C13H16ClNO/c1-4-13(2,3)16-9-11-6-5-10(8-15)7-12(11)14/h5-7H,4,9H2,1-3H3. The topological polar surface area (TPSA) is 33.0 Å². The molecule has 1 aromatic carbocycles. The Kier molecular flexibility index (Phi) is 4.35. The fourth-order valence-electron chi connectivity index (χ4n) is 1.11. The molecule has 0 aliphatic carbocycles. The van der Waals surface area contributed by atoms with Crippen LogP contribution in [0.5, 0.6) is 0 Å². The lowest BCUT2D eigenvalue weighted by atomic mass is 10.1. The van der Waals surface area contributed by atoms with Crippen LogP contribution in [0.3, 0.4) is 0 Å². The Bertz CT molecular complexity index is 407. The monoisotopic (exact) mass is 237 g/mol. The van der Waals surface area contributed by atoms with Gasteiger partial charge in [-0.2, -0.15) is 5.26 Å². The van der Waals surface area contributed by atoms with E-state index in [1.807, 2.05) is 19.9 Å². The molecule has 0 atom stereocenters. The zero-order chi connectivity index (χ0) is 12.2. The number of nitriles is 1. The van der Waals surface area contributed by atoms with Crippen molar-refractivity contribution in [2.24, 2.45) is 0 Å². The Morgan fingerprint density at radius 1 is 1.44 bits per heavy atom. The maximum absolute atomic E-state index is 8.71. The average Bonchev–Trinajstić information content (AvgIpc) is 2.27. The maximum atomic E-state index is 8.71. The van der Waals surface area contributed by atoms with Crippen LogP contribution in [0.2, 0.25) is 5.02 Å². The molecule has 16 heavy (non-hydrogen) atoms. The first kappa shape index (κ1) is 13.0. The van der Waals surface area contributed by atoms with Crippen molar-refractivity contribution in [2.75, 3.05) is 0 Å². The van der Waals surface area contributed by atoms with Crippen LogP contribution in [0.25, 0.3) is 0 Å². The van der Waals surface area contributed by atoms with E-state index in [4.69, 9.17) is 21.6 Å². The van der Waals surface area contributed by atoms with Crippen molar-refractivity contribution in [1.29, 1.82) is 5.26 Å². The number of hydrogen-bond acceptors (Lipinski definition) is 2. The fourth-order valence-corrected chi connectivity index (χ4v) is 1.34. The van der Waals surface area contributed by atoms with E-state index >= 15 is 0 Å². The molecule has 0 fully saturated rings. The maximum Gasteiger partial charge on any atom is 0.0992 e. The largest absolute Gasteiger partial charge is 0.371 e. The average molecular weight is 238 g/mol. The first-order valence-corrected chi connectivity index (χ1v) is 5.69. The van der Waals surface area contributed by atoms with E-state index in [0.29, 0.717) is 17.2 Å². The number of ether oxygens (including phenoxy) is 1. The summed E-state index contributed by atoms with van der Waals surface area (Å²) in [6.07, 6.45) is 0.945. The third-order valence-corrected chi connectivity index (χ3v) is 3.00. The van der Waals surface area contributed by atoms with Gasteiger partial charge in [-0.3, -0.25) is 0 Å². The summed E-state index contributed by atoms with van der Waals surface area (Å²) >= 11 is 6.05. The summed E-state index contributed by atoms with van der Waals surface area (Å²) in [6.45, 7) is 6.65. The van der Waals surface area contributed by atoms with Crippen molar-refractivity contribution in [3.63, 3.8) is 0 Å². The zero-order valence-electron chi connectivity index (χ0n) is 9.88. The van der Waals surface area contributed by atoms with Crippen LogP contribution < -0.4 is 0 Å². The molecular weight excluding hydrogens is 222 g/mol. The smallest absolute Gasteiger partial charge is 0.0992 e. The molecule has 1 rings (SSSR count). The van der Waals surface area contributed by atoms with Gasteiger partial charge in [0.15, 0.2) is 0 Å². The van der Waals surface area contributed by atoms with Crippen molar-refractivity contribution in [1.82, 2.24) is 0 Å². The quantitative estimate of drug-likeness (QED) is 0.795. The predicted molar refractivity (Wildman–Crippen MR) is 65.3 cm³/mol. The van der Waals surface area contributed by atoms with Crippen molar-refractivity contribution in [3.05, 3.63) is 34.3 Å². The van der Waals surface area contributed by atoms with Crippen LogP contribution in [0.1, 0.15) is 38.3 Å².